The molecule has 182 valence electrons. The number of sulfone groups is 1. The number of rotatable bonds is 5. The molecule has 3 aromatic rings. The number of hydrogen-bond donors (Lipinski definition) is 1. The van der Waals surface area contributed by atoms with E-state index >= 15 is 0 Å². The second-order valence-electron chi connectivity index (χ2n) is 8.05. The van der Waals surface area contributed by atoms with E-state index in [1.807, 2.05) is 0 Å². The standard InChI is InChI=1S/C21H17F6N3O3S/c22-20(23,24)13-2-1-3-15(8-13)34(32,33)16-6-12(7-16)9-28-19(31)17-11-30-10-14(21(25,26)27)4-5-18(30)29-17/h1-5,8,10-12,16H,6-7,9H2,(H,28,31). The molecule has 1 aromatic carbocycles. The summed E-state index contributed by atoms with van der Waals surface area (Å²) in [6, 6.07) is 5.55. The fourth-order valence-corrected chi connectivity index (χ4v) is 5.73. The number of imidazole rings is 1. The molecule has 0 spiro atoms. The monoisotopic (exact) mass is 505 g/mol. The van der Waals surface area contributed by atoms with E-state index in [-0.39, 0.29) is 36.6 Å². The molecule has 1 saturated carbocycles. The van der Waals surface area contributed by atoms with Crippen molar-refractivity contribution in [2.75, 3.05) is 6.54 Å². The van der Waals surface area contributed by atoms with Gasteiger partial charge in [0.1, 0.15) is 11.3 Å². The van der Waals surface area contributed by atoms with Crippen LogP contribution in [0.5, 0.6) is 0 Å². The van der Waals surface area contributed by atoms with Gasteiger partial charge in [0, 0.05) is 18.9 Å². The fraction of sp³-hybridized carbons (Fsp3) is 0.333. The zero-order valence-electron chi connectivity index (χ0n) is 17.2. The smallest absolute Gasteiger partial charge is 0.350 e. The molecule has 4 rings (SSSR count). The van der Waals surface area contributed by atoms with Crippen LogP contribution in [0.1, 0.15) is 34.5 Å². The van der Waals surface area contributed by atoms with Crippen molar-refractivity contribution in [2.45, 2.75) is 35.3 Å². The van der Waals surface area contributed by atoms with Gasteiger partial charge in [0.2, 0.25) is 0 Å². The van der Waals surface area contributed by atoms with Crippen molar-refractivity contribution in [3.8, 4) is 0 Å². The summed E-state index contributed by atoms with van der Waals surface area (Å²) in [5.74, 6) is -0.857. The third kappa shape index (κ3) is 4.74. The maximum atomic E-state index is 12.9. The van der Waals surface area contributed by atoms with Gasteiger partial charge in [-0.3, -0.25) is 4.79 Å². The minimum absolute atomic E-state index is 0.0924. The topological polar surface area (TPSA) is 80.5 Å². The van der Waals surface area contributed by atoms with Crippen LogP contribution in [-0.4, -0.2) is 35.5 Å². The lowest BCUT2D eigenvalue weighted by Gasteiger charge is -2.34. The normalized spacial score (nSPS) is 19.1. The summed E-state index contributed by atoms with van der Waals surface area (Å²) in [6.07, 6.45) is -6.94. The second-order valence-corrected chi connectivity index (χ2v) is 10.3. The van der Waals surface area contributed by atoms with Gasteiger partial charge < -0.3 is 9.72 Å². The number of alkyl halides is 6. The van der Waals surface area contributed by atoms with Crippen LogP contribution in [0.25, 0.3) is 5.65 Å². The van der Waals surface area contributed by atoms with Crippen LogP contribution < -0.4 is 5.32 Å². The predicted molar refractivity (Wildman–Crippen MR) is 108 cm³/mol. The van der Waals surface area contributed by atoms with E-state index in [1.54, 1.807) is 0 Å². The Bertz CT molecular complexity index is 1340. The van der Waals surface area contributed by atoms with Crippen molar-refractivity contribution in [3.63, 3.8) is 0 Å². The first-order valence-corrected chi connectivity index (χ1v) is 11.5. The van der Waals surface area contributed by atoms with Crippen LogP contribution in [0.2, 0.25) is 0 Å². The maximum Gasteiger partial charge on any atom is 0.417 e. The third-order valence-electron chi connectivity index (χ3n) is 5.68. The summed E-state index contributed by atoms with van der Waals surface area (Å²) in [5.41, 5.74) is -1.90. The quantitative estimate of drug-likeness (QED) is 0.523. The molecule has 1 N–H and O–H groups in total. The molecule has 2 aromatic heterocycles. The molecular weight excluding hydrogens is 488 g/mol. The first-order chi connectivity index (χ1) is 15.7. The molecule has 1 aliphatic carbocycles. The van der Waals surface area contributed by atoms with Crippen LogP contribution in [0.4, 0.5) is 26.3 Å². The molecule has 2 heterocycles. The Kier molecular flexibility index (Phi) is 5.86. The Morgan fingerprint density at radius 2 is 1.68 bits per heavy atom. The highest BCUT2D eigenvalue weighted by Crippen LogP contribution is 2.38. The Morgan fingerprint density at radius 1 is 1.00 bits per heavy atom. The van der Waals surface area contributed by atoms with Crippen LogP contribution in [0.3, 0.4) is 0 Å². The molecule has 1 amide bonds. The Labute approximate surface area is 189 Å². The van der Waals surface area contributed by atoms with Crippen LogP contribution in [-0.2, 0) is 22.2 Å². The highest BCUT2D eigenvalue weighted by Gasteiger charge is 2.40. The first-order valence-electron chi connectivity index (χ1n) is 10.0. The van der Waals surface area contributed by atoms with Crippen molar-refractivity contribution in [3.05, 3.63) is 65.6 Å². The lowest BCUT2D eigenvalue weighted by molar-refractivity contribution is -0.138. The molecule has 0 radical (unpaired) electrons. The van der Waals surface area contributed by atoms with Crippen LogP contribution in [0, 0.1) is 5.92 Å². The average molecular weight is 505 g/mol. The van der Waals surface area contributed by atoms with Gasteiger partial charge in [0.05, 0.1) is 21.3 Å². The number of halogens is 6. The van der Waals surface area contributed by atoms with Gasteiger partial charge in [-0.2, -0.15) is 26.3 Å². The van der Waals surface area contributed by atoms with E-state index < -0.39 is 49.4 Å². The number of amides is 1. The van der Waals surface area contributed by atoms with Crippen molar-refractivity contribution < 1.29 is 39.6 Å². The number of carbonyl (C=O) groups is 1. The van der Waals surface area contributed by atoms with Gasteiger partial charge in [0.15, 0.2) is 9.84 Å². The number of hydrogen-bond acceptors (Lipinski definition) is 4. The molecule has 0 bridgehead atoms. The third-order valence-corrected chi connectivity index (χ3v) is 7.86. The summed E-state index contributed by atoms with van der Waals surface area (Å²) in [7, 11) is -3.96. The molecule has 0 unspecified atom stereocenters. The number of benzene rings is 1. The molecule has 1 fully saturated rings. The molecule has 1 aliphatic rings. The van der Waals surface area contributed by atoms with Gasteiger partial charge in [0.25, 0.3) is 5.91 Å². The van der Waals surface area contributed by atoms with Gasteiger partial charge in [-0.1, -0.05) is 6.07 Å². The van der Waals surface area contributed by atoms with E-state index in [0.29, 0.717) is 6.07 Å². The summed E-state index contributed by atoms with van der Waals surface area (Å²) in [5, 5.41) is 1.70. The van der Waals surface area contributed by atoms with Crippen molar-refractivity contribution >= 4 is 21.4 Å². The van der Waals surface area contributed by atoms with E-state index in [4.69, 9.17) is 0 Å². The largest absolute Gasteiger partial charge is 0.417 e. The molecule has 0 aliphatic heterocycles. The van der Waals surface area contributed by atoms with Gasteiger partial charge in [-0.15, -0.1) is 0 Å². The van der Waals surface area contributed by atoms with E-state index in [2.05, 4.69) is 10.3 Å². The number of nitrogens with zero attached hydrogens (tertiary/aromatic N) is 2. The van der Waals surface area contributed by atoms with Crippen molar-refractivity contribution in [1.82, 2.24) is 14.7 Å². The minimum Gasteiger partial charge on any atom is -0.350 e. The molecule has 34 heavy (non-hydrogen) atoms. The Morgan fingerprint density at radius 3 is 2.32 bits per heavy atom. The SMILES string of the molecule is O=C(NCC1CC(S(=O)(=O)c2cccc(C(F)(F)F)c2)C1)c1cn2cc(C(F)(F)F)ccc2n1. The average Bonchev–Trinajstić information content (AvgIpc) is 3.14. The van der Waals surface area contributed by atoms with Gasteiger partial charge >= 0.3 is 12.4 Å². The van der Waals surface area contributed by atoms with E-state index in [1.165, 1.54) is 0 Å². The lowest BCUT2D eigenvalue weighted by atomic mass is 9.85. The summed E-state index contributed by atoms with van der Waals surface area (Å²) < 4.78 is 103. The van der Waals surface area contributed by atoms with Crippen LogP contribution in [0.15, 0.2) is 53.7 Å². The number of carbonyl (C=O) groups excluding carboxylic acids is 1. The minimum atomic E-state index is -4.66. The Hall–Kier alpha value is -3.09. The Balaban J connectivity index is 1.35. The lowest BCUT2D eigenvalue weighted by Crippen LogP contribution is -2.42. The molecule has 0 atom stereocenters. The second kappa shape index (κ2) is 8.29. The molecule has 6 nitrogen and oxygen atoms in total. The van der Waals surface area contributed by atoms with Crippen molar-refractivity contribution in [1.29, 1.82) is 0 Å². The van der Waals surface area contributed by atoms with Crippen molar-refractivity contribution in [2.24, 2.45) is 5.92 Å². The van der Waals surface area contributed by atoms with Crippen LogP contribution >= 0.6 is 0 Å². The zero-order valence-corrected chi connectivity index (χ0v) is 18.0. The highest BCUT2D eigenvalue weighted by molar-refractivity contribution is 7.92. The molecule has 0 saturated heterocycles. The number of pyridine rings is 1. The number of aromatic nitrogens is 2. The molecular formula is C21H17F6N3O3S. The summed E-state index contributed by atoms with van der Waals surface area (Å²) in [6.45, 7) is 0.0924. The number of fused-ring (bicyclic) bond motifs is 1. The zero-order chi connectivity index (χ0) is 24.9. The van der Waals surface area contributed by atoms with E-state index in [0.717, 1.165) is 47.1 Å². The fourth-order valence-electron chi connectivity index (χ4n) is 3.73. The van der Waals surface area contributed by atoms with E-state index in [9.17, 15) is 39.6 Å². The summed E-state index contributed by atoms with van der Waals surface area (Å²) >= 11 is 0. The predicted octanol–water partition coefficient (Wildman–Crippen LogP) is 4.35. The highest BCUT2D eigenvalue weighted by atomic mass is 32.2. The van der Waals surface area contributed by atoms with Gasteiger partial charge in [-0.05, 0) is 49.1 Å². The number of nitrogens with one attached hydrogen (secondary N) is 1. The molecule has 13 heteroatoms. The first kappa shape index (κ1) is 24.0. The maximum absolute atomic E-state index is 12.9. The van der Waals surface area contributed by atoms with Gasteiger partial charge in [-0.25, -0.2) is 13.4 Å². The summed E-state index contributed by atoms with van der Waals surface area (Å²) in [4.78, 5) is 15.9.